The van der Waals surface area contributed by atoms with Crippen LogP contribution < -0.4 is 5.32 Å². The van der Waals surface area contributed by atoms with Crippen LogP contribution in [0.5, 0.6) is 0 Å². The van der Waals surface area contributed by atoms with E-state index in [2.05, 4.69) is 55.3 Å². The van der Waals surface area contributed by atoms with Crippen LogP contribution in [0.1, 0.15) is 51.2 Å². The van der Waals surface area contributed by atoms with Crippen molar-refractivity contribution in [2.75, 3.05) is 26.2 Å². The van der Waals surface area contributed by atoms with Gasteiger partial charge in [-0.25, -0.2) is 0 Å². The number of hydrogen-bond donors (Lipinski definition) is 1. The molecule has 0 atom stereocenters. The summed E-state index contributed by atoms with van der Waals surface area (Å²) < 4.78 is 0. The lowest BCUT2D eigenvalue weighted by Gasteiger charge is -2.20. The third-order valence-electron chi connectivity index (χ3n) is 3.72. The van der Waals surface area contributed by atoms with Crippen molar-refractivity contribution >= 4 is 0 Å². The molecule has 114 valence electrons. The van der Waals surface area contributed by atoms with E-state index < -0.39 is 0 Å². The van der Waals surface area contributed by atoms with Gasteiger partial charge in [-0.1, -0.05) is 51.5 Å². The zero-order valence-electron chi connectivity index (χ0n) is 13.6. The van der Waals surface area contributed by atoms with Crippen LogP contribution in [-0.4, -0.2) is 31.1 Å². The second-order valence-electron chi connectivity index (χ2n) is 5.54. The van der Waals surface area contributed by atoms with Crippen molar-refractivity contribution in [1.29, 1.82) is 0 Å². The lowest BCUT2D eigenvalue weighted by molar-refractivity contribution is 0.275. The first-order chi connectivity index (χ1) is 9.80. The Kier molecular flexibility index (Phi) is 9.35. The van der Waals surface area contributed by atoms with E-state index in [9.17, 15) is 0 Å². The topological polar surface area (TPSA) is 15.3 Å². The minimum absolute atomic E-state index is 1.09. The van der Waals surface area contributed by atoms with Crippen LogP contribution in [0.25, 0.3) is 0 Å². The predicted octanol–water partition coefficient (Wildman–Crippen LogP) is 3.85. The Morgan fingerprint density at radius 2 is 1.60 bits per heavy atom. The quantitative estimate of drug-likeness (QED) is 0.618. The Morgan fingerprint density at radius 3 is 2.20 bits per heavy atom. The van der Waals surface area contributed by atoms with Gasteiger partial charge in [0.15, 0.2) is 0 Å². The molecule has 1 aromatic rings. The van der Waals surface area contributed by atoms with Gasteiger partial charge in [-0.05, 0) is 56.6 Å². The summed E-state index contributed by atoms with van der Waals surface area (Å²) in [6.07, 6.45) is 4.92. The number of benzene rings is 1. The molecule has 0 heterocycles. The average molecular weight is 276 g/mol. The Balaban J connectivity index is 2.36. The van der Waals surface area contributed by atoms with Crippen molar-refractivity contribution < 1.29 is 0 Å². The van der Waals surface area contributed by atoms with Gasteiger partial charge >= 0.3 is 0 Å². The fourth-order valence-electron chi connectivity index (χ4n) is 2.33. The number of hydrogen-bond acceptors (Lipinski definition) is 2. The molecule has 0 aliphatic heterocycles. The van der Waals surface area contributed by atoms with Gasteiger partial charge in [0.05, 0.1) is 0 Å². The van der Waals surface area contributed by atoms with Crippen molar-refractivity contribution in [1.82, 2.24) is 10.2 Å². The molecule has 1 N–H and O–H groups in total. The van der Waals surface area contributed by atoms with E-state index in [1.165, 1.54) is 36.9 Å². The minimum Gasteiger partial charge on any atom is -0.316 e. The molecule has 0 spiro atoms. The molecule has 0 aliphatic rings. The Morgan fingerprint density at radius 1 is 0.900 bits per heavy atom. The van der Waals surface area contributed by atoms with Crippen LogP contribution >= 0.6 is 0 Å². The summed E-state index contributed by atoms with van der Waals surface area (Å²) in [5, 5.41) is 3.45. The van der Waals surface area contributed by atoms with Gasteiger partial charge in [0.1, 0.15) is 0 Å². The van der Waals surface area contributed by atoms with E-state index in [1.54, 1.807) is 0 Å². The monoisotopic (exact) mass is 276 g/mol. The molecule has 2 heteroatoms. The summed E-state index contributed by atoms with van der Waals surface area (Å²) in [6.45, 7) is 12.4. The summed E-state index contributed by atoms with van der Waals surface area (Å²) in [5.74, 6) is 0. The first-order valence-corrected chi connectivity index (χ1v) is 8.31. The molecule has 20 heavy (non-hydrogen) atoms. The largest absolute Gasteiger partial charge is 0.316 e. The van der Waals surface area contributed by atoms with Crippen molar-refractivity contribution in [3.8, 4) is 0 Å². The van der Waals surface area contributed by atoms with Crippen LogP contribution in [0.2, 0.25) is 0 Å². The van der Waals surface area contributed by atoms with Gasteiger partial charge in [-0.15, -0.1) is 0 Å². The lowest BCUT2D eigenvalue weighted by Crippen LogP contribution is -2.23. The molecule has 0 unspecified atom stereocenters. The van der Waals surface area contributed by atoms with Crippen molar-refractivity contribution in [3.63, 3.8) is 0 Å². The van der Waals surface area contributed by atoms with Crippen LogP contribution in [0, 0.1) is 0 Å². The summed E-state index contributed by atoms with van der Waals surface area (Å²) in [6, 6.07) is 9.17. The van der Waals surface area contributed by atoms with Gasteiger partial charge < -0.3 is 5.32 Å². The molecule has 0 fully saturated rings. The zero-order chi connectivity index (χ0) is 14.6. The highest BCUT2D eigenvalue weighted by Crippen LogP contribution is 2.09. The molecule has 1 rings (SSSR count). The molecule has 0 amide bonds. The fraction of sp³-hybridized carbons (Fsp3) is 0.667. The average Bonchev–Trinajstić information content (AvgIpc) is 2.49. The second-order valence-corrected chi connectivity index (χ2v) is 5.54. The van der Waals surface area contributed by atoms with Gasteiger partial charge in [0.25, 0.3) is 0 Å². The summed E-state index contributed by atoms with van der Waals surface area (Å²) >= 11 is 0. The third-order valence-corrected chi connectivity index (χ3v) is 3.72. The van der Waals surface area contributed by atoms with E-state index >= 15 is 0 Å². The van der Waals surface area contributed by atoms with Crippen LogP contribution in [0.4, 0.5) is 0 Å². The summed E-state index contributed by atoms with van der Waals surface area (Å²) in [7, 11) is 0. The fourth-order valence-corrected chi connectivity index (χ4v) is 2.33. The van der Waals surface area contributed by atoms with Gasteiger partial charge in [-0.2, -0.15) is 0 Å². The first-order valence-electron chi connectivity index (χ1n) is 8.31. The molecule has 0 aliphatic carbocycles. The highest BCUT2D eigenvalue weighted by molar-refractivity contribution is 5.22. The van der Waals surface area contributed by atoms with E-state index in [4.69, 9.17) is 0 Å². The van der Waals surface area contributed by atoms with Crippen molar-refractivity contribution in [2.24, 2.45) is 0 Å². The summed E-state index contributed by atoms with van der Waals surface area (Å²) in [4.78, 5) is 2.53. The van der Waals surface area contributed by atoms with Gasteiger partial charge in [0.2, 0.25) is 0 Å². The molecule has 0 bridgehead atoms. The zero-order valence-corrected chi connectivity index (χ0v) is 13.6. The maximum Gasteiger partial charge on any atom is 0.0233 e. The molecule has 1 aromatic carbocycles. The highest BCUT2D eigenvalue weighted by Gasteiger charge is 2.03. The molecule has 0 saturated heterocycles. The summed E-state index contributed by atoms with van der Waals surface area (Å²) in [5.41, 5.74) is 2.88. The van der Waals surface area contributed by atoms with Crippen molar-refractivity contribution in [2.45, 2.75) is 53.0 Å². The van der Waals surface area contributed by atoms with E-state index in [0.29, 0.717) is 0 Å². The predicted molar refractivity (Wildman–Crippen MR) is 89.2 cm³/mol. The Labute approximate surface area is 125 Å². The van der Waals surface area contributed by atoms with Gasteiger partial charge in [0, 0.05) is 6.54 Å². The molecular weight excluding hydrogens is 244 g/mol. The highest BCUT2D eigenvalue weighted by atomic mass is 15.1. The number of nitrogens with zero attached hydrogens (tertiary/aromatic N) is 1. The third kappa shape index (κ3) is 7.06. The Hall–Kier alpha value is -0.860. The smallest absolute Gasteiger partial charge is 0.0233 e. The molecular formula is C18H32N2. The Bertz CT molecular complexity index is 332. The minimum atomic E-state index is 1.09. The molecule has 0 radical (unpaired) electrons. The SMILES string of the molecule is CCCCN(CC)Cc1ccc(CCNCCC)cc1. The van der Waals surface area contributed by atoms with E-state index in [-0.39, 0.29) is 0 Å². The maximum atomic E-state index is 3.45. The van der Waals surface area contributed by atoms with E-state index in [0.717, 1.165) is 32.6 Å². The molecule has 0 aromatic heterocycles. The second kappa shape index (κ2) is 10.9. The van der Waals surface area contributed by atoms with Crippen LogP contribution in [0.3, 0.4) is 0 Å². The van der Waals surface area contributed by atoms with Crippen molar-refractivity contribution in [3.05, 3.63) is 35.4 Å². The number of nitrogens with one attached hydrogen (secondary N) is 1. The maximum absolute atomic E-state index is 3.45. The number of rotatable bonds is 11. The normalized spacial score (nSPS) is 11.2. The van der Waals surface area contributed by atoms with E-state index in [1.807, 2.05) is 0 Å². The molecule has 0 saturated carbocycles. The first kappa shape index (κ1) is 17.2. The number of unbranched alkanes of at least 4 members (excludes halogenated alkanes) is 1. The standard InChI is InChI=1S/C18H32N2/c1-4-7-15-20(6-3)16-18-10-8-17(9-11-18)12-14-19-13-5-2/h8-11,19H,4-7,12-16H2,1-3H3. The molecule has 2 nitrogen and oxygen atoms in total. The van der Waals surface area contributed by atoms with Crippen LogP contribution in [0.15, 0.2) is 24.3 Å². The lowest BCUT2D eigenvalue weighted by atomic mass is 10.1. The van der Waals surface area contributed by atoms with Gasteiger partial charge in [-0.3, -0.25) is 4.90 Å². The van der Waals surface area contributed by atoms with Crippen LogP contribution in [-0.2, 0) is 13.0 Å².